The summed E-state index contributed by atoms with van der Waals surface area (Å²) in [6.07, 6.45) is 0. The molecule has 1 radical (unpaired) electrons. The molecule has 0 aromatic rings. The molecule has 0 fully saturated rings. The topological polar surface area (TPSA) is 74.1 Å². The number of rotatable bonds is 0. The zero-order valence-electron chi connectivity index (χ0n) is 2.64. The average molecular weight is 227 g/mol. The van der Waals surface area contributed by atoms with Crippen LogP contribution in [0.5, 0.6) is 0 Å². The Morgan fingerprint density at radius 3 is 1.00 bits per heavy atom. The van der Waals surface area contributed by atoms with Gasteiger partial charge in [-0.05, 0) is 0 Å². The third-order valence-corrected chi connectivity index (χ3v) is 0. The van der Waals surface area contributed by atoms with Gasteiger partial charge in [0, 0.05) is 0 Å². The number of hydrogen-bond donors (Lipinski definition) is 0. The molecule has 0 N–H and O–H groups in total. The molecule has 0 aromatic heterocycles. The van der Waals surface area contributed by atoms with Crippen LogP contribution in [-0.4, -0.2) is 0 Å². The van der Waals surface area contributed by atoms with E-state index < -0.39 is 0 Å². The van der Waals surface area contributed by atoms with Crippen LogP contribution in [0.3, 0.4) is 0 Å². The third-order valence-electron chi connectivity index (χ3n) is 0. The Hall–Kier alpha value is 1.37. The van der Waals surface area contributed by atoms with Crippen molar-refractivity contribution in [1.82, 2.24) is 0 Å². The summed E-state index contributed by atoms with van der Waals surface area (Å²) in [5.41, 5.74) is 0. The van der Waals surface area contributed by atoms with E-state index in [9.17, 15) is 0 Å². The molecule has 0 amide bonds. The summed E-state index contributed by atoms with van der Waals surface area (Å²) in [7, 11) is 0. The molecule has 6 heteroatoms. The molecular formula is CoMnO3Zn. The van der Waals surface area contributed by atoms with Gasteiger partial charge in [-0.15, -0.1) is 0 Å². The van der Waals surface area contributed by atoms with E-state index in [1.165, 1.54) is 0 Å². The minimum absolute atomic E-state index is 0. The second-order valence-corrected chi connectivity index (χ2v) is 0. The van der Waals surface area contributed by atoms with Crippen LogP contribution in [0.15, 0.2) is 0 Å². The van der Waals surface area contributed by atoms with Gasteiger partial charge in [0.2, 0.25) is 0 Å². The first kappa shape index (κ1) is 53.3. The number of hydrogen-bond acceptors (Lipinski definition) is 1. The van der Waals surface area contributed by atoms with Gasteiger partial charge in [0.1, 0.15) is 0 Å². The smallest absolute Gasteiger partial charge is 2.00 e. The Morgan fingerprint density at radius 1 is 1.00 bits per heavy atom. The van der Waals surface area contributed by atoms with Gasteiger partial charge in [-0.25, -0.2) is 0 Å². The van der Waals surface area contributed by atoms with Crippen molar-refractivity contribution in [3.8, 4) is 0 Å². The standard InChI is InChI=1S/Co.Mn.3O.Zn/q;+2;;2*-2;+2. The fourth-order valence-corrected chi connectivity index (χ4v) is 0. The van der Waals surface area contributed by atoms with Crippen LogP contribution in [0, 0.1) is 0 Å². The normalized spacial score (nSPS) is 0.833. The molecule has 0 spiro atoms. The average Bonchev–Trinajstić information content (AvgIpc) is 1.00. The van der Waals surface area contributed by atoms with Crippen molar-refractivity contribution < 1.29 is 67.0 Å². The van der Waals surface area contributed by atoms with E-state index in [2.05, 4.69) is 15.7 Å². The molecule has 0 saturated heterocycles. The van der Waals surface area contributed by atoms with Crippen molar-refractivity contribution in [2.24, 2.45) is 0 Å². The predicted molar refractivity (Wildman–Crippen MR) is 2.06 cm³/mol. The Bertz CT molecular complexity index is 10.8. The van der Waals surface area contributed by atoms with Crippen molar-refractivity contribution >= 4 is 0 Å². The zero-order valence-corrected chi connectivity index (χ0v) is 7.83. The van der Waals surface area contributed by atoms with Gasteiger partial charge in [0.05, 0.1) is 0 Å². The molecule has 0 heterocycles. The summed E-state index contributed by atoms with van der Waals surface area (Å²) in [5.74, 6) is 0. The minimum Gasteiger partial charge on any atom is 2.00 e. The SMILES string of the molecule is [Mn+2].[O-2].[O-2].[O]=[Co].[Zn+2]. The van der Waals surface area contributed by atoms with Crippen LogP contribution >= 0.6 is 0 Å². The van der Waals surface area contributed by atoms with Gasteiger partial charge in [-0.3, -0.25) is 0 Å². The summed E-state index contributed by atoms with van der Waals surface area (Å²) in [6, 6.07) is 0. The Morgan fingerprint density at radius 2 is 1.00 bits per heavy atom. The molecule has 36 valence electrons. The van der Waals surface area contributed by atoms with Crippen molar-refractivity contribution in [3.63, 3.8) is 0 Å². The van der Waals surface area contributed by atoms with Gasteiger partial charge in [-0.1, -0.05) is 0 Å². The van der Waals surface area contributed by atoms with Gasteiger partial charge >= 0.3 is 56.1 Å². The molecule has 0 unspecified atom stereocenters. The van der Waals surface area contributed by atoms with E-state index >= 15 is 0 Å². The molecule has 6 heavy (non-hydrogen) atoms. The van der Waals surface area contributed by atoms with Gasteiger partial charge in [-0.2, -0.15) is 0 Å². The van der Waals surface area contributed by atoms with Gasteiger partial charge in [0.25, 0.3) is 0 Å². The third kappa shape index (κ3) is 54.7. The van der Waals surface area contributed by atoms with E-state index in [-0.39, 0.29) is 47.5 Å². The van der Waals surface area contributed by atoms with Crippen LogP contribution < -0.4 is 0 Å². The predicted octanol–water partition coefficient (Wildman–Crippen LogP) is -0.364. The first-order valence-corrected chi connectivity index (χ1v) is 0.561. The monoisotopic (exact) mass is 226 g/mol. The van der Waals surface area contributed by atoms with Crippen LogP contribution in [0.4, 0.5) is 0 Å². The molecular weight excluding hydrogens is 227 g/mol. The van der Waals surface area contributed by atoms with Crippen LogP contribution in [0.2, 0.25) is 0 Å². The van der Waals surface area contributed by atoms with E-state index in [0.29, 0.717) is 0 Å². The maximum absolute atomic E-state index is 7.94. The van der Waals surface area contributed by atoms with Crippen molar-refractivity contribution in [2.75, 3.05) is 0 Å². The second kappa shape index (κ2) is 97.9. The summed E-state index contributed by atoms with van der Waals surface area (Å²) >= 11 is 2.31. The first-order chi connectivity index (χ1) is 1.00. The maximum Gasteiger partial charge on any atom is 2.00 e. The maximum atomic E-state index is 7.94. The molecule has 0 aliphatic rings. The molecule has 0 aliphatic heterocycles. The molecule has 0 aromatic carbocycles. The van der Waals surface area contributed by atoms with E-state index in [1.807, 2.05) is 0 Å². The molecule has 3 nitrogen and oxygen atoms in total. The van der Waals surface area contributed by atoms with Crippen molar-refractivity contribution in [2.45, 2.75) is 0 Å². The minimum atomic E-state index is 0. The summed E-state index contributed by atoms with van der Waals surface area (Å²) in [5, 5.41) is 0. The quantitative estimate of drug-likeness (QED) is 0.520. The molecule has 0 aliphatic carbocycles. The van der Waals surface area contributed by atoms with Crippen molar-refractivity contribution in [3.05, 3.63) is 0 Å². The van der Waals surface area contributed by atoms with Crippen LogP contribution in [0.25, 0.3) is 0 Å². The van der Waals surface area contributed by atoms with Crippen LogP contribution in [0.1, 0.15) is 0 Å². The van der Waals surface area contributed by atoms with Crippen LogP contribution in [-0.2, 0) is 67.0 Å². The van der Waals surface area contributed by atoms with Gasteiger partial charge in [0.15, 0.2) is 0 Å². The van der Waals surface area contributed by atoms with Gasteiger partial charge < -0.3 is 11.0 Å². The largest absolute Gasteiger partial charge is 2.00 e. The fourth-order valence-electron chi connectivity index (χ4n) is 0. The van der Waals surface area contributed by atoms with E-state index in [4.69, 9.17) is 3.87 Å². The molecule has 0 saturated carbocycles. The summed E-state index contributed by atoms with van der Waals surface area (Å²) < 4.78 is 7.94. The van der Waals surface area contributed by atoms with Crippen molar-refractivity contribution in [1.29, 1.82) is 0 Å². The second-order valence-electron chi connectivity index (χ2n) is 0. The summed E-state index contributed by atoms with van der Waals surface area (Å²) in [6.45, 7) is 0. The van der Waals surface area contributed by atoms with E-state index in [1.54, 1.807) is 0 Å². The molecule has 0 atom stereocenters. The summed E-state index contributed by atoms with van der Waals surface area (Å²) in [4.78, 5) is 0. The zero-order chi connectivity index (χ0) is 2.00. The molecule has 0 rings (SSSR count). The first-order valence-electron chi connectivity index (χ1n) is 0.136. The molecule has 0 bridgehead atoms. The Kier molecular flexibility index (Phi) is 869. The van der Waals surface area contributed by atoms with E-state index in [0.717, 1.165) is 0 Å². The Balaban J connectivity index is -0.000000000833. The fraction of sp³-hybridized carbons (Fsp3) is 0. The Labute approximate surface area is 66.9 Å².